The Kier molecular flexibility index (Phi) is 9.75. The molecule has 1 aromatic heterocycles. The largest absolute Gasteiger partial charge is 0.491 e. The number of hydrogen-bond acceptors (Lipinski definition) is 5. The van der Waals surface area contributed by atoms with Gasteiger partial charge < -0.3 is 9.30 Å². The maximum atomic E-state index is 7.63. The minimum atomic E-state index is 0.574. The quantitative estimate of drug-likeness (QED) is 0.196. The van der Waals surface area contributed by atoms with E-state index in [9.17, 15) is 0 Å². The van der Waals surface area contributed by atoms with Gasteiger partial charge in [0.1, 0.15) is 11.4 Å². The molecule has 0 atom stereocenters. The molecule has 5 nitrogen and oxygen atoms in total. The highest BCUT2D eigenvalue weighted by Crippen LogP contribution is 2.34. The Hall–Kier alpha value is -2.18. The van der Waals surface area contributed by atoms with E-state index in [0.29, 0.717) is 23.1 Å². The second-order valence-electron chi connectivity index (χ2n) is 7.99. The van der Waals surface area contributed by atoms with Crippen molar-refractivity contribution < 1.29 is 4.74 Å². The Morgan fingerprint density at radius 2 is 1.69 bits per heavy atom. The second-order valence-corrected chi connectivity index (χ2v) is 9.44. The van der Waals surface area contributed by atoms with Crippen LogP contribution in [0.5, 0.6) is 5.75 Å². The summed E-state index contributed by atoms with van der Waals surface area (Å²) in [5.74, 6) is 0.683. The first-order valence-corrected chi connectivity index (χ1v) is 12.8. The van der Waals surface area contributed by atoms with Crippen LogP contribution in [0.4, 0.5) is 11.4 Å². The molecule has 0 aliphatic carbocycles. The molecule has 1 N–H and O–H groups in total. The predicted octanol–water partition coefficient (Wildman–Crippen LogP) is 8.79. The molecule has 1 heterocycles. The average Bonchev–Trinajstić information content (AvgIpc) is 3.13. The van der Waals surface area contributed by atoms with Gasteiger partial charge in [-0.25, -0.2) is 10.5 Å². The van der Waals surface area contributed by atoms with E-state index in [1.165, 1.54) is 32.1 Å². The lowest BCUT2D eigenvalue weighted by Crippen LogP contribution is -2.14. The van der Waals surface area contributed by atoms with Crippen LogP contribution in [-0.2, 0) is 6.54 Å². The molecule has 0 saturated heterocycles. The van der Waals surface area contributed by atoms with Crippen LogP contribution in [0.1, 0.15) is 65.2 Å². The summed E-state index contributed by atoms with van der Waals surface area (Å²) >= 11 is 7.67. The summed E-state index contributed by atoms with van der Waals surface area (Å²) in [6.45, 7) is 5.98. The second kappa shape index (κ2) is 12.8. The van der Waals surface area contributed by atoms with Gasteiger partial charge in [-0.15, -0.1) is 0 Å². The Morgan fingerprint density at radius 1 is 0.969 bits per heavy atom. The van der Waals surface area contributed by atoms with Crippen molar-refractivity contribution in [3.8, 4) is 5.75 Å². The summed E-state index contributed by atoms with van der Waals surface area (Å²) in [6, 6.07) is 11.6. The van der Waals surface area contributed by atoms with E-state index in [0.717, 1.165) is 46.5 Å². The van der Waals surface area contributed by atoms with Crippen molar-refractivity contribution in [2.45, 2.75) is 71.8 Å². The fourth-order valence-corrected chi connectivity index (χ4v) is 4.84. The number of halogens is 1. The molecule has 0 radical (unpaired) electrons. The molecule has 3 rings (SSSR count). The summed E-state index contributed by atoms with van der Waals surface area (Å²) in [6.07, 6.45) is 9.34. The third-order valence-corrected chi connectivity index (χ3v) is 6.72. The van der Waals surface area contributed by atoms with Crippen LogP contribution >= 0.6 is 22.9 Å². The van der Waals surface area contributed by atoms with Crippen molar-refractivity contribution in [3.63, 3.8) is 0 Å². The van der Waals surface area contributed by atoms with Crippen molar-refractivity contribution in [2.75, 3.05) is 6.61 Å². The zero-order chi connectivity index (χ0) is 22.8. The normalized spacial score (nSPS) is 11.9. The number of thiazole rings is 1. The molecule has 0 saturated carbocycles. The number of rotatable bonds is 13. The summed E-state index contributed by atoms with van der Waals surface area (Å²) in [4.78, 5) is 5.84. The van der Waals surface area contributed by atoms with Crippen LogP contribution in [0.25, 0.3) is 10.2 Å². The number of unbranched alkanes of at least 4 members (excludes halogenated alkanes) is 6. The van der Waals surface area contributed by atoms with Crippen molar-refractivity contribution >= 4 is 44.5 Å². The lowest BCUT2D eigenvalue weighted by molar-refractivity contribution is 0.306. The molecule has 0 amide bonds. The van der Waals surface area contributed by atoms with E-state index in [1.807, 2.05) is 36.4 Å². The molecule has 0 aliphatic rings. The zero-order valence-electron chi connectivity index (χ0n) is 19.1. The van der Waals surface area contributed by atoms with Gasteiger partial charge in [0.25, 0.3) is 0 Å². The maximum absolute atomic E-state index is 7.63. The summed E-state index contributed by atoms with van der Waals surface area (Å²) in [5.41, 5.74) is 10.2. The van der Waals surface area contributed by atoms with Crippen LogP contribution < -0.4 is 9.54 Å². The van der Waals surface area contributed by atoms with E-state index in [2.05, 4.69) is 23.5 Å². The number of nitrogens with zero attached hydrogens (tertiary/aromatic N) is 3. The third-order valence-electron chi connectivity index (χ3n) is 5.43. The van der Waals surface area contributed by atoms with Crippen LogP contribution in [0.3, 0.4) is 0 Å². The van der Waals surface area contributed by atoms with E-state index >= 15 is 0 Å². The smallest absolute Gasteiger partial charge is 0.190 e. The van der Waals surface area contributed by atoms with Crippen LogP contribution in [0.2, 0.25) is 5.02 Å². The van der Waals surface area contributed by atoms with E-state index in [4.69, 9.17) is 26.9 Å². The van der Waals surface area contributed by atoms with Gasteiger partial charge in [0.15, 0.2) is 4.80 Å². The standard InChI is InChI=1S/C25H33ClN4OS/c1-3-5-7-9-15-30-22-18-23(31-16-10-8-6-4-2)21(29-27)17-24(22)32-25(30)28-20-13-11-19(26)12-14-20/h11-14,17-18,27H,3-10,15-16H2,1-2H3. The van der Waals surface area contributed by atoms with Gasteiger partial charge >= 0.3 is 0 Å². The summed E-state index contributed by atoms with van der Waals surface area (Å²) in [5, 5.41) is 4.44. The number of aromatic nitrogens is 1. The van der Waals surface area contributed by atoms with Crippen molar-refractivity contribution in [1.29, 1.82) is 5.53 Å². The van der Waals surface area contributed by atoms with Gasteiger partial charge in [-0.3, -0.25) is 0 Å². The monoisotopic (exact) mass is 472 g/mol. The van der Waals surface area contributed by atoms with Gasteiger partial charge in [0, 0.05) is 17.6 Å². The Balaban J connectivity index is 1.97. The van der Waals surface area contributed by atoms with E-state index in [1.54, 1.807) is 11.3 Å². The highest BCUT2D eigenvalue weighted by Gasteiger charge is 2.13. The fraction of sp³-hybridized carbons (Fsp3) is 0.480. The highest BCUT2D eigenvalue weighted by molar-refractivity contribution is 7.16. The van der Waals surface area contributed by atoms with Gasteiger partial charge in [-0.2, -0.15) is 5.11 Å². The number of nitrogens with one attached hydrogen (secondary N) is 1. The van der Waals surface area contributed by atoms with Crippen LogP contribution in [-0.4, -0.2) is 11.2 Å². The van der Waals surface area contributed by atoms with Crippen molar-refractivity contribution in [2.24, 2.45) is 10.1 Å². The Bertz CT molecular complexity index is 1070. The first kappa shape index (κ1) is 24.5. The molecule has 3 aromatic rings. The number of benzene rings is 2. The van der Waals surface area contributed by atoms with Crippen molar-refractivity contribution in [1.82, 2.24) is 4.57 Å². The molecule has 0 spiro atoms. The topological polar surface area (TPSA) is 62.7 Å². The predicted molar refractivity (Wildman–Crippen MR) is 135 cm³/mol. The van der Waals surface area contributed by atoms with Crippen molar-refractivity contribution in [3.05, 3.63) is 46.2 Å². The number of fused-ring (bicyclic) bond motifs is 1. The van der Waals surface area contributed by atoms with Gasteiger partial charge in [-0.05, 0) is 43.2 Å². The fourth-order valence-electron chi connectivity index (χ4n) is 3.62. The average molecular weight is 473 g/mol. The Labute approximate surface area is 199 Å². The van der Waals surface area contributed by atoms with Gasteiger partial charge in [-0.1, -0.05) is 75.3 Å². The lowest BCUT2D eigenvalue weighted by atomic mass is 10.2. The molecular formula is C25H33ClN4OS. The molecule has 0 fully saturated rings. The highest BCUT2D eigenvalue weighted by atomic mass is 35.5. The Morgan fingerprint density at radius 3 is 2.38 bits per heavy atom. The maximum Gasteiger partial charge on any atom is 0.190 e. The minimum absolute atomic E-state index is 0.574. The molecule has 172 valence electrons. The molecule has 2 aromatic carbocycles. The SMILES string of the molecule is CCCCCCOc1cc2c(cc1N=N)sc(=Nc1ccc(Cl)cc1)n2CCCCCC. The number of aryl methyl sites for hydroxylation is 1. The van der Waals surface area contributed by atoms with E-state index in [-0.39, 0.29) is 0 Å². The third kappa shape index (κ3) is 6.66. The molecule has 32 heavy (non-hydrogen) atoms. The molecule has 0 unspecified atom stereocenters. The summed E-state index contributed by atoms with van der Waals surface area (Å²) < 4.78 is 9.40. The summed E-state index contributed by atoms with van der Waals surface area (Å²) in [7, 11) is 0. The zero-order valence-corrected chi connectivity index (χ0v) is 20.6. The lowest BCUT2D eigenvalue weighted by Gasteiger charge is -2.10. The molecule has 0 aliphatic heterocycles. The molecule has 7 heteroatoms. The van der Waals surface area contributed by atoms with Gasteiger partial charge in [0.05, 0.1) is 22.5 Å². The van der Waals surface area contributed by atoms with Crippen LogP contribution in [0.15, 0.2) is 46.5 Å². The number of hydrogen-bond donors (Lipinski definition) is 1. The first-order valence-electron chi connectivity index (χ1n) is 11.6. The minimum Gasteiger partial charge on any atom is -0.491 e. The van der Waals surface area contributed by atoms with Crippen LogP contribution in [0, 0.1) is 5.53 Å². The number of ether oxygens (including phenoxy) is 1. The molecule has 0 bridgehead atoms. The first-order chi connectivity index (χ1) is 15.7. The molecular weight excluding hydrogens is 440 g/mol. The van der Waals surface area contributed by atoms with Gasteiger partial charge in [0.2, 0.25) is 0 Å². The van der Waals surface area contributed by atoms with E-state index < -0.39 is 0 Å².